The van der Waals surface area contributed by atoms with E-state index in [1.54, 1.807) is 18.2 Å². The van der Waals surface area contributed by atoms with Crippen LogP contribution < -0.4 is 5.32 Å². The molecule has 26 heavy (non-hydrogen) atoms. The molecule has 1 aromatic heterocycles. The number of nitrogens with one attached hydrogen (secondary N) is 1. The van der Waals surface area contributed by atoms with Crippen LogP contribution in [0.25, 0.3) is 11.3 Å². The SMILES string of the molecule is O=[N+]([O-])c1cc(C2OCCO2)ccc1Nc1cccc(-c2ccon2)c1. The van der Waals surface area contributed by atoms with E-state index >= 15 is 0 Å². The minimum absolute atomic E-state index is 0.0477. The minimum atomic E-state index is -0.557. The molecule has 0 bridgehead atoms. The molecule has 3 aromatic rings. The van der Waals surface area contributed by atoms with Gasteiger partial charge >= 0.3 is 0 Å². The molecule has 0 saturated carbocycles. The third-order valence-corrected chi connectivity index (χ3v) is 3.99. The maximum atomic E-state index is 11.5. The van der Waals surface area contributed by atoms with Crippen LogP contribution in [0.4, 0.5) is 17.1 Å². The van der Waals surface area contributed by atoms with Crippen LogP contribution in [0.5, 0.6) is 0 Å². The highest BCUT2D eigenvalue weighted by Crippen LogP contribution is 2.33. The van der Waals surface area contributed by atoms with Crippen LogP contribution in [-0.4, -0.2) is 23.3 Å². The van der Waals surface area contributed by atoms with Crippen LogP contribution in [-0.2, 0) is 9.47 Å². The van der Waals surface area contributed by atoms with Gasteiger partial charge in [0.15, 0.2) is 6.29 Å². The lowest BCUT2D eigenvalue weighted by Gasteiger charge is -2.12. The zero-order valence-corrected chi connectivity index (χ0v) is 13.6. The maximum absolute atomic E-state index is 11.5. The number of nitrogens with zero attached hydrogens (tertiary/aromatic N) is 2. The molecule has 0 unspecified atom stereocenters. The van der Waals surface area contributed by atoms with E-state index in [9.17, 15) is 10.1 Å². The zero-order valence-electron chi connectivity index (χ0n) is 13.6. The van der Waals surface area contributed by atoms with Gasteiger partial charge in [0.1, 0.15) is 17.6 Å². The summed E-state index contributed by atoms with van der Waals surface area (Å²) in [6.45, 7) is 0.959. The summed E-state index contributed by atoms with van der Waals surface area (Å²) in [7, 11) is 0. The van der Waals surface area contributed by atoms with E-state index in [4.69, 9.17) is 14.0 Å². The molecule has 1 saturated heterocycles. The van der Waals surface area contributed by atoms with Crippen molar-refractivity contribution in [2.24, 2.45) is 0 Å². The largest absolute Gasteiger partial charge is 0.364 e. The van der Waals surface area contributed by atoms with Gasteiger partial charge < -0.3 is 19.3 Å². The quantitative estimate of drug-likeness (QED) is 0.546. The van der Waals surface area contributed by atoms with Crippen LogP contribution in [0.2, 0.25) is 0 Å². The molecule has 1 aliphatic rings. The van der Waals surface area contributed by atoms with Gasteiger partial charge in [-0.2, -0.15) is 0 Å². The number of nitro benzene ring substituents is 1. The van der Waals surface area contributed by atoms with Crippen LogP contribution in [0, 0.1) is 10.1 Å². The number of rotatable bonds is 5. The fourth-order valence-corrected chi connectivity index (χ4v) is 2.78. The molecule has 2 heterocycles. The Morgan fingerprint density at radius 2 is 1.96 bits per heavy atom. The second kappa shape index (κ2) is 6.95. The van der Waals surface area contributed by atoms with Crippen LogP contribution in [0.15, 0.2) is 59.3 Å². The molecular weight excluding hydrogens is 338 g/mol. The van der Waals surface area contributed by atoms with Crippen molar-refractivity contribution < 1.29 is 18.9 Å². The molecule has 8 nitrogen and oxygen atoms in total. The average molecular weight is 353 g/mol. The highest BCUT2D eigenvalue weighted by atomic mass is 16.7. The number of benzene rings is 2. The highest BCUT2D eigenvalue weighted by molar-refractivity contribution is 5.73. The normalized spacial score (nSPS) is 14.5. The summed E-state index contributed by atoms with van der Waals surface area (Å²) in [5, 5.41) is 18.5. The van der Waals surface area contributed by atoms with Gasteiger partial charge in [-0.15, -0.1) is 0 Å². The maximum Gasteiger partial charge on any atom is 0.293 e. The lowest BCUT2D eigenvalue weighted by atomic mass is 10.1. The number of anilines is 2. The Morgan fingerprint density at radius 3 is 2.69 bits per heavy atom. The van der Waals surface area contributed by atoms with Crippen molar-refractivity contribution >= 4 is 17.1 Å². The molecule has 132 valence electrons. The van der Waals surface area contributed by atoms with E-state index in [1.165, 1.54) is 12.3 Å². The van der Waals surface area contributed by atoms with E-state index in [0.29, 0.717) is 35.8 Å². The number of nitro groups is 1. The first-order chi connectivity index (χ1) is 12.7. The Balaban J connectivity index is 1.63. The average Bonchev–Trinajstić information content (AvgIpc) is 3.36. The van der Waals surface area contributed by atoms with Crippen LogP contribution in [0.1, 0.15) is 11.9 Å². The number of aromatic nitrogens is 1. The van der Waals surface area contributed by atoms with Crippen LogP contribution in [0.3, 0.4) is 0 Å². The molecule has 4 rings (SSSR count). The first kappa shape index (κ1) is 16.2. The fourth-order valence-electron chi connectivity index (χ4n) is 2.78. The first-order valence-electron chi connectivity index (χ1n) is 8.00. The molecule has 0 radical (unpaired) electrons. The molecule has 0 aliphatic carbocycles. The van der Waals surface area contributed by atoms with Crippen molar-refractivity contribution in [1.82, 2.24) is 5.16 Å². The van der Waals surface area contributed by atoms with Crippen molar-refractivity contribution in [2.45, 2.75) is 6.29 Å². The smallest absolute Gasteiger partial charge is 0.293 e. The van der Waals surface area contributed by atoms with Gasteiger partial charge in [0.25, 0.3) is 5.69 Å². The Bertz CT molecular complexity index is 920. The Labute approximate surface area is 148 Å². The second-order valence-electron chi connectivity index (χ2n) is 5.70. The number of ether oxygens (including phenoxy) is 2. The van der Waals surface area contributed by atoms with Gasteiger partial charge in [0, 0.05) is 28.9 Å². The first-order valence-corrected chi connectivity index (χ1v) is 8.00. The van der Waals surface area contributed by atoms with Crippen molar-refractivity contribution in [1.29, 1.82) is 0 Å². The van der Waals surface area contributed by atoms with Gasteiger partial charge in [0.05, 0.1) is 18.1 Å². The third-order valence-electron chi connectivity index (χ3n) is 3.99. The lowest BCUT2D eigenvalue weighted by molar-refractivity contribution is -0.384. The second-order valence-corrected chi connectivity index (χ2v) is 5.70. The highest BCUT2D eigenvalue weighted by Gasteiger charge is 2.23. The summed E-state index contributed by atoms with van der Waals surface area (Å²) in [5.41, 5.74) is 3.19. The summed E-state index contributed by atoms with van der Waals surface area (Å²) in [6, 6.07) is 14.0. The lowest BCUT2D eigenvalue weighted by Crippen LogP contribution is -2.02. The summed E-state index contributed by atoms with van der Waals surface area (Å²) in [5.74, 6) is 0. The number of hydrogen-bond acceptors (Lipinski definition) is 7. The van der Waals surface area contributed by atoms with Crippen molar-refractivity contribution in [3.05, 3.63) is 70.5 Å². The van der Waals surface area contributed by atoms with Crippen molar-refractivity contribution in [2.75, 3.05) is 18.5 Å². The summed E-state index contributed by atoms with van der Waals surface area (Å²) in [4.78, 5) is 11.1. The van der Waals surface area contributed by atoms with E-state index < -0.39 is 11.2 Å². The molecule has 8 heteroatoms. The Hall–Kier alpha value is -3.23. The monoisotopic (exact) mass is 353 g/mol. The van der Waals surface area contributed by atoms with Gasteiger partial charge in [0.2, 0.25) is 0 Å². The van der Waals surface area contributed by atoms with Gasteiger partial charge in [-0.25, -0.2) is 0 Å². The van der Waals surface area contributed by atoms with E-state index in [2.05, 4.69) is 10.5 Å². The fraction of sp³-hybridized carbons (Fsp3) is 0.167. The summed E-state index contributed by atoms with van der Waals surface area (Å²) < 4.78 is 15.7. The predicted molar refractivity (Wildman–Crippen MR) is 93.0 cm³/mol. The molecule has 0 amide bonds. The van der Waals surface area contributed by atoms with E-state index in [1.807, 2.05) is 24.3 Å². The van der Waals surface area contributed by atoms with Crippen molar-refractivity contribution in [3.8, 4) is 11.3 Å². The molecule has 1 aliphatic heterocycles. The zero-order chi connectivity index (χ0) is 17.9. The molecule has 0 atom stereocenters. The Morgan fingerprint density at radius 1 is 1.12 bits per heavy atom. The third kappa shape index (κ3) is 3.28. The van der Waals surface area contributed by atoms with E-state index in [0.717, 1.165) is 5.56 Å². The summed E-state index contributed by atoms with van der Waals surface area (Å²) in [6.07, 6.45) is 0.935. The van der Waals surface area contributed by atoms with Gasteiger partial charge in [-0.05, 0) is 18.2 Å². The van der Waals surface area contributed by atoms with Crippen molar-refractivity contribution in [3.63, 3.8) is 0 Å². The predicted octanol–water partition coefficient (Wildman–Crippen LogP) is 4.04. The molecule has 0 spiro atoms. The molecule has 2 aromatic carbocycles. The topological polar surface area (TPSA) is 99.7 Å². The molecule has 1 fully saturated rings. The standard InChI is InChI=1S/C18H15N3O5/c22-21(23)17-11-13(18-24-8-9-25-18)4-5-16(17)19-14-3-1-2-12(10-14)15-6-7-26-20-15/h1-7,10-11,18-19H,8-9H2. The summed E-state index contributed by atoms with van der Waals surface area (Å²) >= 11 is 0. The van der Waals surface area contributed by atoms with E-state index in [-0.39, 0.29) is 5.69 Å². The van der Waals surface area contributed by atoms with Gasteiger partial charge in [-0.1, -0.05) is 23.4 Å². The molecule has 1 N–H and O–H groups in total. The van der Waals surface area contributed by atoms with Crippen LogP contribution >= 0.6 is 0 Å². The molecular formula is C18H15N3O5. The Kier molecular flexibility index (Phi) is 4.34. The van der Waals surface area contributed by atoms with Gasteiger partial charge in [-0.3, -0.25) is 10.1 Å². The minimum Gasteiger partial charge on any atom is -0.364 e. The number of hydrogen-bond donors (Lipinski definition) is 1.